The molecule has 26 heavy (non-hydrogen) atoms. The maximum Gasteiger partial charge on any atom is 0.241 e. The number of benzene rings is 1. The first-order chi connectivity index (χ1) is 12.4. The van der Waals surface area contributed by atoms with Crippen LogP contribution in [0.15, 0.2) is 46.8 Å². The van der Waals surface area contributed by atoms with Gasteiger partial charge in [0.25, 0.3) is 0 Å². The average Bonchev–Trinajstić information content (AvgIpc) is 3.09. The minimum Gasteiger partial charge on any atom is -0.497 e. The van der Waals surface area contributed by atoms with Gasteiger partial charge < -0.3 is 4.74 Å². The monoisotopic (exact) mass is 389 g/mol. The molecular weight excluding hydrogens is 370 g/mol. The highest BCUT2D eigenvalue weighted by molar-refractivity contribution is 7.89. The van der Waals surface area contributed by atoms with Crippen LogP contribution in [-0.4, -0.2) is 25.5 Å². The number of hydrogen-bond acceptors (Lipinski definition) is 6. The number of methoxy groups -OCH3 is 1. The van der Waals surface area contributed by atoms with E-state index in [1.807, 2.05) is 23.6 Å². The van der Waals surface area contributed by atoms with Gasteiger partial charge in [0.05, 0.1) is 29.9 Å². The molecule has 3 rings (SSSR count). The summed E-state index contributed by atoms with van der Waals surface area (Å²) in [5.41, 5.74) is 2.78. The number of hydrogen-bond donors (Lipinski definition) is 1. The highest BCUT2D eigenvalue weighted by Gasteiger charge is 2.21. The zero-order valence-electron chi connectivity index (χ0n) is 14.7. The van der Waals surface area contributed by atoms with Crippen LogP contribution < -0.4 is 9.46 Å². The molecule has 6 nitrogen and oxygen atoms in total. The smallest absolute Gasteiger partial charge is 0.241 e. The van der Waals surface area contributed by atoms with Crippen molar-refractivity contribution in [1.29, 1.82) is 0 Å². The summed E-state index contributed by atoms with van der Waals surface area (Å²) in [5, 5.41) is 2.55. The SMILES string of the molecule is COc1cc(C)c(S(=O)(=O)NCc2nc(-c3ccccn3)cs2)c(C)c1. The van der Waals surface area contributed by atoms with Crippen molar-refractivity contribution in [1.82, 2.24) is 14.7 Å². The van der Waals surface area contributed by atoms with Crippen LogP contribution in [0.1, 0.15) is 16.1 Å². The van der Waals surface area contributed by atoms with Crippen LogP contribution in [-0.2, 0) is 16.6 Å². The summed E-state index contributed by atoms with van der Waals surface area (Å²) in [5.74, 6) is 0.638. The first kappa shape index (κ1) is 18.5. The van der Waals surface area contributed by atoms with E-state index in [0.29, 0.717) is 21.9 Å². The van der Waals surface area contributed by atoms with Gasteiger partial charge in [0.15, 0.2) is 0 Å². The fourth-order valence-corrected chi connectivity index (χ4v) is 4.96. The van der Waals surface area contributed by atoms with Crippen molar-refractivity contribution in [2.24, 2.45) is 0 Å². The number of sulfonamides is 1. The molecule has 0 aliphatic heterocycles. The van der Waals surface area contributed by atoms with Crippen LogP contribution in [0, 0.1) is 13.8 Å². The summed E-state index contributed by atoms with van der Waals surface area (Å²) in [6.45, 7) is 3.64. The highest BCUT2D eigenvalue weighted by atomic mass is 32.2. The van der Waals surface area contributed by atoms with E-state index in [-0.39, 0.29) is 11.4 Å². The summed E-state index contributed by atoms with van der Waals surface area (Å²) in [4.78, 5) is 8.99. The van der Waals surface area contributed by atoms with E-state index in [1.54, 1.807) is 39.3 Å². The van der Waals surface area contributed by atoms with Crippen molar-refractivity contribution < 1.29 is 13.2 Å². The molecule has 0 saturated heterocycles. The summed E-state index contributed by atoms with van der Waals surface area (Å²) in [6.07, 6.45) is 1.70. The van der Waals surface area contributed by atoms with E-state index in [9.17, 15) is 8.42 Å². The molecule has 2 aromatic heterocycles. The maximum atomic E-state index is 12.7. The maximum absolute atomic E-state index is 12.7. The Morgan fingerprint density at radius 2 is 1.88 bits per heavy atom. The van der Waals surface area contributed by atoms with Crippen molar-refractivity contribution in [3.8, 4) is 17.1 Å². The Morgan fingerprint density at radius 3 is 2.50 bits per heavy atom. The topological polar surface area (TPSA) is 81.2 Å². The number of rotatable bonds is 6. The van der Waals surface area contributed by atoms with Crippen LogP contribution in [0.5, 0.6) is 5.75 Å². The average molecular weight is 390 g/mol. The third kappa shape index (κ3) is 3.92. The molecule has 0 spiro atoms. The first-order valence-electron chi connectivity index (χ1n) is 7.91. The van der Waals surface area contributed by atoms with Gasteiger partial charge in [-0.2, -0.15) is 0 Å². The summed E-state index contributed by atoms with van der Waals surface area (Å²) >= 11 is 1.40. The fourth-order valence-electron chi connectivity index (χ4n) is 2.71. The molecular formula is C18H19N3O3S2. The van der Waals surface area contributed by atoms with Gasteiger partial charge in [0.1, 0.15) is 10.8 Å². The quantitative estimate of drug-likeness (QED) is 0.699. The van der Waals surface area contributed by atoms with E-state index in [2.05, 4.69) is 14.7 Å². The minimum atomic E-state index is -3.65. The summed E-state index contributed by atoms with van der Waals surface area (Å²) in [6, 6.07) is 9.02. The second-order valence-corrected chi connectivity index (χ2v) is 8.40. The van der Waals surface area contributed by atoms with Gasteiger partial charge in [-0.05, 0) is 49.2 Å². The predicted octanol–water partition coefficient (Wildman–Crippen LogP) is 3.31. The van der Waals surface area contributed by atoms with Crippen LogP contribution in [0.3, 0.4) is 0 Å². The lowest BCUT2D eigenvalue weighted by atomic mass is 10.1. The van der Waals surface area contributed by atoms with Crippen molar-refractivity contribution in [2.45, 2.75) is 25.3 Å². The standard InChI is InChI=1S/C18H19N3O3S2/c1-12-8-14(24-3)9-13(2)18(12)26(22,23)20-10-17-21-16(11-25-17)15-6-4-5-7-19-15/h4-9,11,20H,10H2,1-3H3. The molecule has 0 aliphatic carbocycles. The Morgan fingerprint density at radius 1 is 1.15 bits per heavy atom. The van der Waals surface area contributed by atoms with Crippen LogP contribution in [0.25, 0.3) is 11.4 Å². The fraction of sp³-hybridized carbons (Fsp3) is 0.222. The van der Waals surface area contributed by atoms with Gasteiger partial charge in [-0.25, -0.2) is 18.1 Å². The largest absolute Gasteiger partial charge is 0.497 e. The Bertz CT molecular complexity index is 992. The van der Waals surface area contributed by atoms with Gasteiger partial charge in [-0.3, -0.25) is 4.98 Å². The number of aryl methyl sites for hydroxylation is 2. The molecule has 2 heterocycles. The number of thiazole rings is 1. The lowest BCUT2D eigenvalue weighted by Crippen LogP contribution is -2.24. The highest BCUT2D eigenvalue weighted by Crippen LogP contribution is 2.26. The van der Waals surface area contributed by atoms with E-state index in [1.165, 1.54) is 11.3 Å². The number of aromatic nitrogens is 2. The molecule has 0 unspecified atom stereocenters. The van der Waals surface area contributed by atoms with Crippen molar-refractivity contribution in [2.75, 3.05) is 7.11 Å². The number of nitrogens with one attached hydrogen (secondary N) is 1. The summed E-state index contributed by atoms with van der Waals surface area (Å²) in [7, 11) is -2.10. The molecule has 0 amide bonds. The molecule has 1 N–H and O–H groups in total. The van der Waals surface area contributed by atoms with Gasteiger partial charge in [-0.1, -0.05) is 6.07 Å². The van der Waals surface area contributed by atoms with Crippen LogP contribution in [0.2, 0.25) is 0 Å². The zero-order valence-corrected chi connectivity index (χ0v) is 16.3. The molecule has 136 valence electrons. The van der Waals surface area contributed by atoms with Crippen LogP contribution >= 0.6 is 11.3 Å². The van der Waals surface area contributed by atoms with E-state index < -0.39 is 10.0 Å². The van der Waals surface area contributed by atoms with Crippen molar-refractivity contribution >= 4 is 21.4 Å². The van der Waals surface area contributed by atoms with Crippen LogP contribution in [0.4, 0.5) is 0 Å². The Labute approximate surface area is 157 Å². The third-order valence-corrected chi connectivity index (χ3v) is 6.39. The Hall–Kier alpha value is -2.29. The zero-order chi connectivity index (χ0) is 18.7. The second-order valence-electron chi connectivity index (χ2n) is 5.76. The lowest BCUT2D eigenvalue weighted by Gasteiger charge is -2.13. The predicted molar refractivity (Wildman–Crippen MR) is 102 cm³/mol. The third-order valence-electron chi connectivity index (χ3n) is 3.83. The molecule has 0 atom stereocenters. The number of nitrogens with zero attached hydrogens (tertiary/aromatic N) is 2. The summed E-state index contributed by atoms with van der Waals surface area (Å²) < 4.78 is 33.3. The molecule has 0 fully saturated rings. The minimum absolute atomic E-state index is 0.130. The second kappa shape index (κ2) is 7.53. The van der Waals surface area contributed by atoms with Gasteiger partial charge in [0, 0.05) is 11.6 Å². The molecule has 8 heteroatoms. The van der Waals surface area contributed by atoms with Gasteiger partial charge >= 0.3 is 0 Å². The lowest BCUT2D eigenvalue weighted by molar-refractivity contribution is 0.413. The Balaban J connectivity index is 1.79. The molecule has 3 aromatic rings. The number of pyridine rings is 1. The molecule has 0 radical (unpaired) electrons. The van der Waals surface area contributed by atoms with E-state index in [0.717, 1.165) is 11.4 Å². The van der Waals surface area contributed by atoms with E-state index >= 15 is 0 Å². The van der Waals surface area contributed by atoms with Crippen molar-refractivity contribution in [3.05, 3.63) is 58.0 Å². The number of ether oxygens (including phenoxy) is 1. The van der Waals surface area contributed by atoms with Gasteiger partial charge in [-0.15, -0.1) is 11.3 Å². The van der Waals surface area contributed by atoms with Crippen molar-refractivity contribution in [3.63, 3.8) is 0 Å². The van der Waals surface area contributed by atoms with E-state index in [4.69, 9.17) is 4.74 Å². The molecule has 1 aromatic carbocycles. The molecule has 0 bridgehead atoms. The molecule has 0 saturated carbocycles. The first-order valence-corrected chi connectivity index (χ1v) is 10.3. The van der Waals surface area contributed by atoms with Gasteiger partial charge in [0.2, 0.25) is 10.0 Å². The molecule has 0 aliphatic rings. The Kier molecular flexibility index (Phi) is 5.36. The normalized spacial score (nSPS) is 11.5.